The first kappa shape index (κ1) is 18.3. The molecule has 146 valence electrons. The highest BCUT2D eigenvalue weighted by Crippen LogP contribution is 2.14. The molecule has 1 aliphatic heterocycles. The lowest BCUT2D eigenvalue weighted by Gasteiger charge is -2.34. The number of benzene rings is 1. The molecule has 0 radical (unpaired) electrons. The van der Waals surface area contributed by atoms with E-state index in [1.807, 2.05) is 4.57 Å². The Bertz CT molecular complexity index is 1070. The number of aryl methyl sites for hydroxylation is 1. The second kappa shape index (κ2) is 7.51. The molecule has 0 atom stereocenters. The highest BCUT2D eigenvalue weighted by Gasteiger charge is 2.23. The van der Waals surface area contributed by atoms with Crippen LogP contribution in [0.25, 0.3) is 11.0 Å². The Morgan fingerprint density at radius 1 is 1.11 bits per heavy atom. The lowest BCUT2D eigenvalue weighted by molar-refractivity contribution is 0.0625. The van der Waals surface area contributed by atoms with Crippen molar-refractivity contribution in [2.24, 2.45) is 7.05 Å². The largest absolute Gasteiger partial charge is 0.335 e. The normalized spacial score (nSPS) is 15.3. The lowest BCUT2D eigenvalue weighted by atomic mass is 10.2. The Kier molecular flexibility index (Phi) is 4.91. The third-order valence-electron chi connectivity index (χ3n) is 5.08. The number of hydrogen-bond donors (Lipinski definition) is 0. The van der Waals surface area contributed by atoms with Crippen molar-refractivity contribution in [3.8, 4) is 0 Å². The standard InChI is InChI=1S/C19H21FN6O2/c1-23-18(27)5-3-15(22-23)19(28)25-9-6-24(7-10-25)8-11-26-13-21-16-12-14(20)2-4-17(16)26/h2-5,12-13H,6-11H2,1H3. The van der Waals surface area contributed by atoms with Crippen molar-refractivity contribution in [1.29, 1.82) is 0 Å². The zero-order valence-corrected chi connectivity index (χ0v) is 15.6. The molecule has 0 N–H and O–H groups in total. The summed E-state index contributed by atoms with van der Waals surface area (Å²) in [6, 6.07) is 7.46. The maximum absolute atomic E-state index is 13.3. The number of carbonyl (C=O) groups excluding carboxylic acids is 1. The summed E-state index contributed by atoms with van der Waals surface area (Å²) in [5.74, 6) is -0.440. The van der Waals surface area contributed by atoms with Gasteiger partial charge in [0, 0.05) is 58.4 Å². The molecule has 2 aromatic heterocycles. The minimum absolute atomic E-state index is 0.155. The molecular weight excluding hydrogens is 363 g/mol. The van der Waals surface area contributed by atoms with Gasteiger partial charge in [0.1, 0.15) is 11.5 Å². The molecule has 8 nitrogen and oxygen atoms in total. The van der Waals surface area contributed by atoms with Gasteiger partial charge < -0.3 is 9.47 Å². The summed E-state index contributed by atoms with van der Waals surface area (Å²) < 4.78 is 16.5. The van der Waals surface area contributed by atoms with Crippen LogP contribution in [0.2, 0.25) is 0 Å². The fraction of sp³-hybridized carbons (Fsp3) is 0.368. The third kappa shape index (κ3) is 3.65. The van der Waals surface area contributed by atoms with Gasteiger partial charge in [-0.1, -0.05) is 0 Å². The van der Waals surface area contributed by atoms with Gasteiger partial charge in [-0.2, -0.15) is 5.10 Å². The van der Waals surface area contributed by atoms with Gasteiger partial charge in [0.25, 0.3) is 11.5 Å². The molecule has 28 heavy (non-hydrogen) atoms. The zero-order chi connectivity index (χ0) is 19.7. The van der Waals surface area contributed by atoms with Crippen LogP contribution in [0.4, 0.5) is 4.39 Å². The van der Waals surface area contributed by atoms with Crippen LogP contribution in [0.3, 0.4) is 0 Å². The number of rotatable bonds is 4. The van der Waals surface area contributed by atoms with Gasteiger partial charge in [-0.15, -0.1) is 0 Å². The number of hydrogen-bond acceptors (Lipinski definition) is 5. The van der Waals surface area contributed by atoms with Gasteiger partial charge in [0.05, 0.1) is 17.4 Å². The van der Waals surface area contributed by atoms with Crippen LogP contribution < -0.4 is 5.56 Å². The summed E-state index contributed by atoms with van der Waals surface area (Å²) in [5, 5.41) is 4.03. The first-order valence-electron chi connectivity index (χ1n) is 9.17. The predicted molar refractivity (Wildman–Crippen MR) is 102 cm³/mol. The molecule has 0 bridgehead atoms. The fourth-order valence-electron chi connectivity index (χ4n) is 3.42. The molecular formula is C19H21FN6O2. The van der Waals surface area contributed by atoms with E-state index in [1.54, 1.807) is 17.3 Å². The van der Waals surface area contributed by atoms with Gasteiger partial charge >= 0.3 is 0 Å². The number of piperazine rings is 1. The Morgan fingerprint density at radius 3 is 2.64 bits per heavy atom. The first-order chi connectivity index (χ1) is 13.5. The average Bonchev–Trinajstić information content (AvgIpc) is 3.10. The van der Waals surface area contributed by atoms with Gasteiger partial charge in [-0.05, 0) is 18.2 Å². The maximum Gasteiger partial charge on any atom is 0.274 e. The minimum atomic E-state index is -0.286. The van der Waals surface area contributed by atoms with Gasteiger partial charge in [0.2, 0.25) is 0 Å². The monoisotopic (exact) mass is 384 g/mol. The molecule has 9 heteroatoms. The van der Waals surface area contributed by atoms with Crippen molar-refractivity contribution in [2.45, 2.75) is 6.54 Å². The molecule has 0 spiro atoms. The summed E-state index contributed by atoms with van der Waals surface area (Å²) in [6.45, 7) is 4.32. The van der Waals surface area contributed by atoms with Crippen LogP contribution >= 0.6 is 0 Å². The van der Waals surface area contributed by atoms with E-state index < -0.39 is 0 Å². The molecule has 0 aliphatic carbocycles. The van der Waals surface area contributed by atoms with Crippen LogP contribution in [-0.2, 0) is 13.6 Å². The molecule has 0 unspecified atom stereocenters. The third-order valence-corrected chi connectivity index (χ3v) is 5.08. The van der Waals surface area contributed by atoms with Crippen LogP contribution in [-0.4, -0.2) is 67.8 Å². The number of carbonyl (C=O) groups is 1. The van der Waals surface area contributed by atoms with Crippen molar-refractivity contribution in [2.75, 3.05) is 32.7 Å². The van der Waals surface area contributed by atoms with Crippen molar-refractivity contribution in [3.63, 3.8) is 0 Å². The number of aromatic nitrogens is 4. The van der Waals surface area contributed by atoms with E-state index in [1.165, 1.54) is 36.0 Å². The highest BCUT2D eigenvalue weighted by molar-refractivity contribution is 5.92. The smallest absolute Gasteiger partial charge is 0.274 e. The summed E-state index contributed by atoms with van der Waals surface area (Å²) in [6.07, 6.45) is 1.73. The summed E-state index contributed by atoms with van der Waals surface area (Å²) >= 11 is 0. The highest BCUT2D eigenvalue weighted by atomic mass is 19.1. The first-order valence-corrected chi connectivity index (χ1v) is 9.17. The number of imidazole rings is 1. The van der Waals surface area contributed by atoms with Crippen LogP contribution in [0.5, 0.6) is 0 Å². The molecule has 1 amide bonds. The summed E-state index contributed by atoms with van der Waals surface area (Å²) in [5.41, 5.74) is 1.61. The average molecular weight is 384 g/mol. The van der Waals surface area contributed by atoms with Crippen LogP contribution in [0, 0.1) is 5.82 Å². The molecule has 1 aromatic carbocycles. The van der Waals surface area contributed by atoms with Crippen LogP contribution in [0.1, 0.15) is 10.5 Å². The van der Waals surface area contributed by atoms with Gasteiger partial charge in [-0.3, -0.25) is 14.5 Å². The minimum Gasteiger partial charge on any atom is -0.335 e. The second-order valence-electron chi connectivity index (χ2n) is 6.89. The SMILES string of the molecule is Cn1nc(C(=O)N2CCN(CCn3cnc4cc(F)ccc43)CC2)ccc1=O. The Labute approximate surface area is 160 Å². The van der Waals surface area contributed by atoms with Crippen molar-refractivity contribution < 1.29 is 9.18 Å². The van der Waals surface area contributed by atoms with Crippen LogP contribution in [0.15, 0.2) is 41.5 Å². The van der Waals surface area contributed by atoms with E-state index in [-0.39, 0.29) is 23.0 Å². The van der Waals surface area contributed by atoms with E-state index in [0.29, 0.717) is 18.6 Å². The van der Waals surface area contributed by atoms with Gasteiger partial charge in [-0.25, -0.2) is 14.1 Å². The zero-order valence-electron chi connectivity index (χ0n) is 15.6. The second-order valence-corrected chi connectivity index (χ2v) is 6.89. The fourth-order valence-corrected chi connectivity index (χ4v) is 3.42. The molecule has 4 rings (SSSR count). The van der Waals surface area contributed by atoms with Crippen molar-refractivity contribution in [1.82, 2.24) is 29.1 Å². The van der Waals surface area contributed by atoms with E-state index in [4.69, 9.17) is 0 Å². The molecule has 3 aromatic rings. The quantitative estimate of drug-likeness (QED) is 0.663. The molecule has 1 aliphatic rings. The summed E-state index contributed by atoms with van der Waals surface area (Å²) in [4.78, 5) is 32.3. The predicted octanol–water partition coefficient (Wildman–Crippen LogP) is 0.727. The van der Waals surface area contributed by atoms with E-state index in [0.717, 1.165) is 31.7 Å². The molecule has 0 saturated carbocycles. The van der Waals surface area contributed by atoms with Gasteiger partial charge in [0.15, 0.2) is 0 Å². The number of amides is 1. The van der Waals surface area contributed by atoms with E-state index in [9.17, 15) is 14.0 Å². The van der Waals surface area contributed by atoms with E-state index in [2.05, 4.69) is 15.0 Å². The topological polar surface area (TPSA) is 76.3 Å². The number of nitrogens with zero attached hydrogens (tertiary/aromatic N) is 6. The Morgan fingerprint density at radius 2 is 1.89 bits per heavy atom. The van der Waals surface area contributed by atoms with Crippen molar-refractivity contribution >= 4 is 16.9 Å². The number of fused-ring (bicyclic) bond motifs is 1. The Hall–Kier alpha value is -3.07. The molecule has 1 saturated heterocycles. The molecule has 3 heterocycles. The lowest BCUT2D eigenvalue weighted by Crippen LogP contribution is -2.49. The maximum atomic E-state index is 13.3. The van der Waals surface area contributed by atoms with E-state index >= 15 is 0 Å². The Balaban J connectivity index is 1.33. The number of halogens is 1. The van der Waals surface area contributed by atoms with Crippen molar-refractivity contribution in [3.05, 3.63) is 58.5 Å². The summed E-state index contributed by atoms with van der Waals surface area (Å²) in [7, 11) is 1.53. The molecule has 1 fully saturated rings.